The molecule has 3 aromatic rings. The normalized spacial score (nSPS) is 11.0. The standard InChI is InChI=1S/C22H25FN4O/c1-16-22(17(2)27(25-16)19-10-5-4-6-11-19)24-21(28)13-14-26(3)15-18-9-7-8-12-20(18)23/h4-12H,13-15H2,1-3H3,(H,24,28). The van der Waals surface area contributed by atoms with Gasteiger partial charge in [-0.3, -0.25) is 4.79 Å². The number of rotatable bonds is 7. The van der Waals surface area contributed by atoms with Gasteiger partial charge in [0, 0.05) is 25.1 Å². The van der Waals surface area contributed by atoms with E-state index in [-0.39, 0.29) is 11.7 Å². The number of hydrogen-bond donors (Lipinski definition) is 1. The topological polar surface area (TPSA) is 50.2 Å². The Morgan fingerprint density at radius 1 is 1.11 bits per heavy atom. The van der Waals surface area contributed by atoms with Crippen molar-refractivity contribution in [2.24, 2.45) is 0 Å². The molecule has 5 nitrogen and oxygen atoms in total. The molecule has 0 saturated heterocycles. The van der Waals surface area contributed by atoms with Gasteiger partial charge in [0.15, 0.2) is 0 Å². The smallest absolute Gasteiger partial charge is 0.225 e. The van der Waals surface area contributed by atoms with Crippen molar-refractivity contribution in [3.05, 3.63) is 77.4 Å². The van der Waals surface area contributed by atoms with Gasteiger partial charge in [-0.1, -0.05) is 36.4 Å². The summed E-state index contributed by atoms with van der Waals surface area (Å²) in [5, 5.41) is 7.52. The first-order valence-electron chi connectivity index (χ1n) is 9.29. The summed E-state index contributed by atoms with van der Waals surface area (Å²) in [5.74, 6) is -0.308. The maximum absolute atomic E-state index is 13.8. The molecule has 2 aromatic carbocycles. The molecule has 0 saturated carbocycles. The van der Waals surface area contributed by atoms with Crippen LogP contribution in [0.5, 0.6) is 0 Å². The minimum Gasteiger partial charge on any atom is -0.323 e. The number of halogens is 1. The highest BCUT2D eigenvalue weighted by Gasteiger charge is 2.15. The lowest BCUT2D eigenvalue weighted by molar-refractivity contribution is -0.116. The van der Waals surface area contributed by atoms with Crippen LogP contribution in [0.1, 0.15) is 23.4 Å². The Morgan fingerprint density at radius 3 is 2.50 bits per heavy atom. The van der Waals surface area contributed by atoms with Crippen LogP contribution in [0.2, 0.25) is 0 Å². The van der Waals surface area contributed by atoms with Crippen LogP contribution in [0.25, 0.3) is 5.69 Å². The molecule has 0 aliphatic carbocycles. The fourth-order valence-corrected chi connectivity index (χ4v) is 3.13. The maximum atomic E-state index is 13.8. The second kappa shape index (κ2) is 8.80. The minimum atomic E-state index is -0.224. The number of aryl methyl sites for hydroxylation is 1. The lowest BCUT2D eigenvalue weighted by Crippen LogP contribution is -2.24. The van der Waals surface area contributed by atoms with Gasteiger partial charge in [-0.05, 0) is 39.1 Å². The molecule has 0 atom stereocenters. The van der Waals surface area contributed by atoms with Crippen LogP contribution >= 0.6 is 0 Å². The van der Waals surface area contributed by atoms with Crippen LogP contribution in [0.4, 0.5) is 10.1 Å². The average Bonchev–Trinajstić information content (AvgIpc) is 2.97. The molecule has 1 aromatic heterocycles. The number of carbonyl (C=O) groups excluding carboxylic acids is 1. The van der Waals surface area contributed by atoms with Crippen molar-refractivity contribution in [3.63, 3.8) is 0 Å². The van der Waals surface area contributed by atoms with Crippen molar-refractivity contribution >= 4 is 11.6 Å². The molecule has 1 amide bonds. The number of nitrogens with zero attached hydrogens (tertiary/aromatic N) is 3. The van der Waals surface area contributed by atoms with Crippen LogP contribution in [0.3, 0.4) is 0 Å². The molecule has 0 bridgehead atoms. The zero-order chi connectivity index (χ0) is 20.1. The Hall–Kier alpha value is -2.99. The van der Waals surface area contributed by atoms with E-state index < -0.39 is 0 Å². The molecule has 0 fully saturated rings. The predicted molar refractivity (Wildman–Crippen MR) is 109 cm³/mol. The van der Waals surface area contributed by atoms with E-state index in [2.05, 4.69) is 10.4 Å². The summed E-state index contributed by atoms with van der Waals surface area (Å²) in [7, 11) is 1.88. The third kappa shape index (κ3) is 4.64. The zero-order valence-electron chi connectivity index (χ0n) is 16.4. The van der Waals surface area contributed by atoms with E-state index in [9.17, 15) is 9.18 Å². The van der Waals surface area contributed by atoms with Crippen molar-refractivity contribution in [1.29, 1.82) is 0 Å². The van der Waals surface area contributed by atoms with Crippen LogP contribution in [-0.4, -0.2) is 34.2 Å². The first-order chi connectivity index (χ1) is 13.5. The van der Waals surface area contributed by atoms with Crippen LogP contribution in [0.15, 0.2) is 54.6 Å². The van der Waals surface area contributed by atoms with E-state index >= 15 is 0 Å². The molecular weight excluding hydrogens is 355 g/mol. The fourth-order valence-electron chi connectivity index (χ4n) is 3.13. The van der Waals surface area contributed by atoms with E-state index in [0.29, 0.717) is 25.1 Å². The number of para-hydroxylation sites is 1. The molecule has 0 radical (unpaired) electrons. The number of amides is 1. The van der Waals surface area contributed by atoms with E-state index in [1.165, 1.54) is 6.07 Å². The SMILES string of the molecule is Cc1nn(-c2ccccc2)c(C)c1NC(=O)CCN(C)Cc1ccccc1F. The van der Waals surface area contributed by atoms with Crippen molar-refractivity contribution in [1.82, 2.24) is 14.7 Å². The molecule has 0 unspecified atom stereocenters. The molecule has 146 valence electrons. The molecule has 0 aliphatic rings. The van der Waals surface area contributed by atoms with E-state index in [4.69, 9.17) is 0 Å². The third-order valence-corrected chi connectivity index (χ3v) is 4.68. The molecule has 0 aliphatic heterocycles. The van der Waals surface area contributed by atoms with Gasteiger partial charge in [-0.2, -0.15) is 5.10 Å². The molecule has 3 rings (SSSR count). The number of carbonyl (C=O) groups is 1. The number of benzene rings is 2. The predicted octanol–water partition coefficient (Wildman–Crippen LogP) is 4.09. The molecule has 1 N–H and O–H groups in total. The Morgan fingerprint density at radius 2 is 1.79 bits per heavy atom. The van der Waals surface area contributed by atoms with Crippen LogP contribution < -0.4 is 5.32 Å². The van der Waals surface area contributed by atoms with Crippen molar-refractivity contribution in [2.45, 2.75) is 26.8 Å². The second-order valence-electron chi connectivity index (χ2n) is 6.92. The van der Waals surface area contributed by atoms with Gasteiger partial charge < -0.3 is 10.2 Å². The summed E-state index contributed by atoms with van der Waals surface area (Å²) in [5.41, 5.74) is 3.98. The Bertz CT molecular complexity index is 952. The van der Waals surface area contributed by atoms with Gasteiger partial charge in [0.1, 0.15) is 5.82 Å². The molecule has 1 heterocycles. The highest BCUT2D eigenvalue weighted by Crippen LogP contribution is 2.23. The summed E-state index contributed by atoms with van der Waals surface area (Å²) in [6.07, 6.45) is 0.320. The summed E-state index contributed by atoms with van der Waals surface area (Å²) >= 11 is 0. The largest absolute Gasteiger partial charge is 0.323 e. The Balaban J connectivity index is 1.59. The summed E-state index contributed by atoms with van der Waals surface area (Å²) in [6, 6.07) is 16.5. The quantitative estimate of drug-likeness (QED) is 0.672. The zero-order valence-corrected chi connectivity index (χ0v) is 16.4. The van der Waals surface area contributed by atoms with Crippen molar-refractivity contribution < 1.29 is 9.18 Å². The highest BCUT2D eigenvalue weighted by atomic mass is 19.1. The van der Waals surface area contributed by atoms with Crippen molar-refractivity contribution in [2.75, 3.05) is 18.9 Å². The first-order valence-corrected chi connectivity index (χ1v) is 9.29. The fraction of sp³-hybridized carbons (Fsp3) is 0.273. The Kier molecular flexibility index (Phi) is 6.21. The number of anilines is 1. The van der Waals surface area contributed by atoms with E-state index in [0.717, 1.165) is 22.8 Å². The van der Waals surface area contributed by atoms with E-state index in [1.807, 2.05) is 66.9 Å². The third-order valence-electron chi connectivity index (χ3n) is 4.68. The molecule has 0 spiro atoms. The van der Waals surface area contributed by atoms with Gasteiger partial charge in [0.05, 0.1) is 22.8 Å². The summed E-state index contributed by atoms with van der Waals surface area (Å²) in [6.45, 7) is 4.81. The van der Waals surface area contributed by atoms with Gasteiger partial charge in [0.25, 0.3) is 0 Å². The average molecular weight is 380 g/mol. The second-order valence-corrected chi connectivity index (χ2v) is 6.92. The van der Waals surface area contributed by atoms with Crippen LogP contribution in [0, 0.1) is 19.7 Å². The van der Waals surface area contributed by atoms with Gasteiger partial charge >= 0.3 is 0 Å². The lowest BCUT2D eigenvalue weighted by Gasteiger charge is -2.17. The first kappa shape index (κ1) is 19.8. The number of hydrogen-bond acceptors (Lipinski definition) is 3. The van der Waals surface area contributed by atoms with Gasteiger partial charge in [0.2, 0.25) is 5.91 Å². The maximum Gasteiger partial charge on any atom is 0.225 e. The monoisotopic (exact) mass is 380 g/mol. The van der Waals surface area contributed by atoms with Crippen LogP contribution in [-0.2, 0) is 11.3 Å². The minimum absolute atomic E-state index is 0.0841. The molecule has 6 heteroatoms. The van der Waals surface area contributed by atoms with Gasteiger partial charge in [-0.15, -0.1) is 0 Å². The molecule has 28 heavy (non-hydrogen) atoms. The number of aromatic nitrogens is 2. The number of nitrogens with one attached hydrogen (secondary N) is 1. The van der Waals surface area contributed by atoms with Crippen molar-refractivity contribution in [3.8, 4) is 5.69 Å². The summed E-state index contributed by atoms with van der Waals surface area (Å²) < 4.78 is 15.6. The van der Waals surface area contributed by atoms with Gasteiger partial charge in [-0.25, -0.2) is 9.07 Å². The Labute approximate surface area is 164 Å². The molecular formula is C22H25FN4O. The van der Waals surface area contributed by atoms with E-state index in [1.54, 1.807) is 12.1 Å². The summed E-state index contributed by atoms with van der Waals surface area (Å²) in [4.78, 5) is 14.4. The highest BCUT2D eigenvalue weighted by molar-refractivity contribution is 5.92. The lowest BCUT2D eigenvalue weighted by atomic mass is 10.2.